The minimum absolute atomic E-state index is 0.0398. The number of hydrogen-bond donors (Lipinski definition) is 1. The Labute approximate surface area is 118 Å². The summed E-state index contributed by atoms with van der Waals surface area (Å²) in [5.41, 5.74) is 3.92. The van der Waals surface area contributed by atoms with E-state index in [2.05, 4.69) is 0 Å². The van der Waals surface area contributed by atoms with Crippen LogP contribution in [0.5, 0.6) is 11.5 Å². The highest BCUT2D eigenvalue weighted by Gasteiger charge is 2.10. The summed E-state index contributed by atoms with van der Waals surface area (Å²) in [5.74, 6) is 0.497. The third kappa shape index (κ3) is 3.38. The molecule has 0 bridgehead atoms. The van der Waals surface area contributed by atoms with Gasteiger partial charge in [0.25, 0.3) is 0 Å². The Morgan fingerprint density at radius 3 is 2.20 bits per heavy atom. The molecule has 0 aliphatic rings. The molecule has 0 aliphatic carbocycles. The monoisotopic (exact) mass is 270 g/mol. The van der Waals surface area contributed by atoms with Crippen molar-refractivity contribution in [2.24, 2.45) is 0 Å². The van der Waals surface area contributed by atoms with E-state index >= 15 is 0 Å². The maximum absolute atomic E-state index is 10.9. The van der Waals surface area contributed by atoms with Crippen LogP contribution in [0.1, 0.15) is 22.3 Å². The number of benzene rings is 2. The van der Waals surface area contributed by atoms with Crippen LogP contribution < -0.4 is 4.74 Å². The Balaban J connectivity index is 2.35. The fraction of sp³-hybridized carbons (Fsp3) is 0.235. The van der Waals surface area contributed by atoms with Gasteiger partial charge in [-0.3, -0.25) is 4.79 Å². The average molecular weight is 270 g/mol. The second-order valence-electron chi connectivity index (χ2n) is 5.05. The zero-order valence-electron chi connectivity index (χ0n) is 11.9. The van der Waals surface area contributed by atoms with E-state index in [-0.39, 0.29) is 6.42 Å². The van der Waals surface area contributed by atoms with Gasteiger partial charge in [-0.15, -0.1) is 0 Å². The Hall–Kier alpha value is -2.29. The smallest absolute Gasteiger partial charge is 0.307 e. The molecule has 0 atom stereocenters. The van der Waals surface area contributed by atoms with E-state index in [1.165, 1.54) is 5.56 Å². The van der Waals surface area contributed by atoms with Crippen molar-refractivity contribution in [2.75, 3.05) is 0 Å². The highest BCUT2D eigenvalue weighted by molar-refractivity contribution is 5.71. The first-order chi connectivity index (χ1) is 9.45. The third-order valence-corrected chi connectivity index (χ3v) is 3.11. The lowest BCUT2D eigenvalue weighted by atomic mass is 10.1. The van der Waals surface area contributed by atoms with Gasteiger partial charge in [0.15, 0.2) is 0 Å². The van der Waals surface area contributed by atoms with Gasteiger partial charge in [0.05, 0.1) is 6.42 Å². The van der Waals surface area contributed by atoms with E-state index in [1.54, 1.807) is 0 Å². The van der Waals surface area contributed by atoms with Crippen LogP contribution in [-0.2, 0) is 11.2 Å². The lowest BCUT2D eigenvalue weighted by molar-refractivity contribution is -0.136. The van der Waals surface area contributed by atoms with Crippen LogP contribution >= 0.6 is 0 Å². The van der Waals surface area contributed by atoms with E-state index in [1.807, 2.05) is 57.2 Å². The highest BCUT2D eigenvalue weighted by Crippen LogP contribution is 2.29. The molecule has 0 aliphatic heterocycles. The Bertz CT molecular complexity index is 645. The average Bonchev–Trinajstić information content (AvgIpc) is 2.34. The largest absolute Gasteiger partial charge is 0.481 e. The quantitative estimate of drug-likeness (QED) is 0.912. The molecule has 0 spiro atoms. The molecule has 2 rings (SSSR count). The molecule has 0 saturated carbocycles. The predicted molar refractivity (Wildman–Crippen MR) is 78.5 cm³/mol. The van der Waals surface area contributed by atoms with Gasteiger partial charge >= 0.3 is 5.97 Å². The molecular formula is C17H18O3. The predicted octanol–water partition coefficient (Wildman–Crippen LogP) is 4.03. The van der Waals surface area contributed by atoms with Gasteiger partial charge in [0, 0.05) is 5.56 Å². The number of ether oxygens (including phenoxy) is 1. The van der Waals surface area contributed by atoms with Crippen LogP contribution in [0.15, 0.2) is 36.4 Å². The molecule has 0 unspecified atom stereocenters. The van der Waals surface area contributed by atoms with Crippen LogP contribution in [0.2, 0.25) is 0 Å². The molecule has 0 radical (unpaired) electrons. The van der Waals surface area contributed by atoms with Crippen molar-refractivity contribution in [1.82, 2.24) is 0 Å². The number of carboxylic acid groups (broad SMARTS) is 1. The lowest BCUT2D eigenvalue weighted by Gasteiger charge is -2.13. The zero-order chi connectivity index (χ0) is 14.7. The molecule has 2 aromatic carbocycles. The minimum Gasteiger partial charge on any atom is -0.481 e. The molecular weight excluding hydrogens is 252 g/mol. The van der Waals surface area contributed by atoms with Gasteiger partial charge in [-0.2, -0.15) is 0 Å². The normalized spacial score (nSPS) is 10.3. The van der Waals surface area contributed by atoms with E-state index in [0.717, 1.165) is 16.9 Å². The number of aryl methyl sites for hydroxylation is 3. The Morgan fingerprint density at radius 2 is 1.60 bits per heavy atom. The summed E-state index contributed by atoms with van der Waals surface area (Å²) in [5, 5.41) is 8.98. The molecule has 0 amide bonds. The minimum atomic E-state index is -0.860. The van der Waals surface area contributed by atoms with Crippen LogP contribution in [0.25, 0.3) is 0 Å². The first-order valence-corrected chi connectivity index (χ1v) is 6.52. The van der Waals surface area contributed by atoms with Crippen molar-refractivity contribution in [3.63, 3.8) is 0 Å². The van der Waals surface area contributed by atoms with Crippen LogP contribution in [0, 0.1) is 20.8 Å². The Kier molecular flexibility index (Phi) is 4.08. The van der Waals surface area contributed by atoms with Crippen LogP contribution in [-0.4, -0.2) is 11.1 Å². The van der Waals surface area contributed by atoms with Crippen LogP contribution in [0.3, 0.4) is 0 Å². The standard InChI is InChI=1S/C17H18O3/c1-11-4-6-15(13(3)8-11)20-16-7-5-12(2)9-14(16)10-17(18)19/h4-9H,10H2,1-3H3,(H,18,19). The van der Waals surface area contributed by atoms with E-state index in [9.17, 15) is 4.79 Å². The summed E-state index contributed by atoms with van der Waals surface area (Å²) in [6.45, 7) is 5.94. The number of rotatable bonds is 4. The lowest BCUT2D eigenvalue weighted by Crippen LogP contribution is -2.02. The Morgan fingerprint density at radius 1 is 1.00 bits per heavy atom. The molecule has 0 aromatic heterocycles. The fourth-order valence-electron chi connectivity index (χ4n) is 2.14. The number of aliphatic carboxylic acids is 1. The molecule has 0 heterocycles. The van der Waals surface area contributed by atoms with Crippen molar-refractivity contribution in [3.05, 3.63) is 58.7 Å². The summed E-state index contributed by atoms with van der Waals surface area (Å²) in [7, 11) is 0. The second-order valence-corrected chi connectivity index (χ2v) is 5.05. The summed E-state index contributed by atoms with van der Waals surface area (Å²) < 4.78 is 5.89. The van der Waals surface area contributed by atoms with Crippen molar-refractivity contribution in [3.8, 4) is 11.5 Å². The SMILES string of the molecule is Cc1ccc(Oc2ccc(C)cc2CC(=O)O)c(C)c1. The van der Waals surface area contributed by atoms with E-state index in [4.69, 9.17) is 9.84 Å². The topological polar surface area (TPSA) is 46.5 Å². The van der Waals surface area contributed by atoms with Gasteiger partial charge in [0.1, 0.15) is 11.5 Å². The van der Waals surface area contributed by atoms with Gasteiger partial charge in [-0.05, 0) is 38.5 Å². The van der Waals surface area contributed by atoms with E-state index < -0.39 is 5.97 Å². The highest BCUT2D eigenvalue weighted by atomic mass is 16.5. The molecule has 1 N–H and O–H groups in total. The van der Waals surface area contributed by atoms with Crippen molar-refractivity contribution in [1.29, 1.82) is 0 Å². The summed E-state index contributed by atoms with van der Waals surface area (Å²) in [6, 6.07) is 11.5. The molecule has 0 saturated heterocycles. The summed E-state index contributed by atoms with van der Waals surface area (Å²) in [4.78, 5) is 10.9. The first kappa shape index (κ1) is 14.1. The second kappa shape index (κ2) is 5.78. The molecule has 20 heavy (non-hydrogen) atoms. The maximum Gasteiger partial charge on any atom is 0.307 e. The van der Waals surface area contributed by atoms with E-state index in [0.29, 0.717) is 11.3 Å². The van der Waals surface area contributed by atoms with Gasteiger partial charge in [-0.25, -0.2) is 0 Å². The van der Waals surface area contributed by atoms with Gasteiger partial charge in [0.2, 0.25) is 0 Å². The van der Waals surface area contributed by atoms with Gasteiger partial charge in [-0.1, -0.05) is 35.4 Å². The molecule has 104 valence electrons. The first-order valence-electron chi connectivity index (χ1n) is 6.52. The molecule has 3 heteroatoms. The van der Waals surface area contributed by atoms with Gasteiger partial charge < -0.3 is 9.84 Å². The summed E-state index contributed by atoms with van der Waals surface area (Å²) in [6.07, 6.45) is -0.0398. The number of carboxylic acids is 1. The fourth-order valence-corrected chi connectivity index (χ4v) is 2.14. The number of hydrogen-bond acceptors (Lipinski definition) is 2. The molecule has 2 aromatic rings. The number of carbonyl (C=O) groups is 1. The van der Waals surface area contributed by atoms with Crippen LogP contribution in [0.4, 0.5) is 0 Å². The third-order valence-electron chi connectivity index (χ3n) is 3.11. The summed E-state index contributed by atoms with van der Waals surface area (Å²) >= 11 is 0. The molecule has 0 fully saturated rings. The molecule has 3 nitrogen and oxygen atoms in total. The maximum atomic E-state index is 10.9. The van der Waals surface area contributed by atoms with Crippen molar-refractivity contribution in [2.45, 2.75) is 27.2 Å². The van der Waals surface area contributed by atoms with Crippen molar-refractivity contribution < 1.29 is 14.6 Å². The zero-order valence-corrected chi connectivity index (χ0v) is 11.9. The van der Waals surface area contributed by atoms with Crippen molar-refractivity contribution >= 4 is 5.97 Å².